The van der Waals surface area contributed by atoms with Crippen molar-refractivity contribution in [3.05, 3.63) is 34.9 Å². The molecule has 0 N–H and O–H groups in total. The molecule has 0 fully saturated rings. The minimum Gasteiger partial charge on any atom is -0.299 e. The Bertz CT molecular complexity index is 317. The molecule has 1 aromatic rings. The van der Waals surface area contributed by atoms with E-state index in [1.807, 2.05) is 0 Å². The van der Waals surface area contributed by atoms with Crippen LogP contribution in [-0.4, -0.2) is 18.5 Å². The summed E-state index contributed by atoms with van der Waals surface area (Å²) in [6.45, 7) is 5.65. The number of fused-ring (bicyclic) bond motifs is 1. The highest BCUT2D eigenvalue weighted by Crippen LogP contribution is 2.28. The normalized spacial score (nSPS) is 22.8. The van der Waals surface area contributed by atoms with E-state index in [2.05, 4.69) is 44.0 Å². The van der Waals surface area contributed by atoms with Crippen LogP contribution < -0.4 is 0 Å². The third-order valence-electron chi connectivity index (χ3n) is 3.15. The number of likely N-dealkylation sites (N-methyl/N-ethyl adjacent to an activating group) is 1. The van der Waals surface area contributed by atoms with Crippen molar-refractivity contribution in [2.45, 2.75) is 26.3 Å². The van der Waals surface area contributed by atoms with Gasteiger partial charge in [0.2, 0.25) is 0 Å². The SMILES string of the molecule is Cc1ccc2c(c1)[C@@H](C)N(C)CC2. The van der Waals surface area contributed by atoms with Crippen molar-refractivity contribution in [1.82, 2.24) is 4.90 Å². The van der Waals surface area contributed by atoms with Gasteiger partial charge in [-0.15, -0.1) is 0 Å². The van der Waals surface area contributed by atoms with Crippen LogP contribution in [0.5, 0.6) is 0 Å². The Labute approximate surface area is 80.4 Å². The first-order valence-electron chi connectivity index (χ1n) is 4.98. The van der Waals surface area contributed by atoms with Crippen LogP contribution >= 0.6 is 0 Å². The fourth-order valence-corrected chi connectivity index (χ4v) is 2.06. The average Bonchev–Trinajstić information content (AvgIpc) is 2.12. The largest absolute Gasteiger partial charge is 0.299 e. The van der Waals surface area contributed by atoms with E-state index in [-0.39, 0.29) is 0 Å². The van der Waals surface area contributed by atoms with Crippen LogP contribution in [0.25, 0.3) is 0 Å². The number of hydrogen-bond donors (Lipinski definition) is 0. The average molecular weight is 175 g/mol. The van der Waals surface area contributed by atoms with Gasteiger partial charge in [0, 0.05) is 12.6 Å². The summed E-state index contributed by atoms with van der Waals surface area (Å²) in [7, 11) is 2.20. The highest BCUT2D eigenvalue weighted by Gasteiger charge is 2.19. The van der Waals surface area contributed by atoms with E-state index < -0.39 is 0 Å². The molecule has 70 valence electrons. The number of aryl methyl sites for hydroxylation is 1. The second-order valence-corrected chi connectivity index (χ2v) is 4.11. The maximum absolute atomic E-state index is 2.42. The van der Waals surface area contributed by atoms with E-state index in [0.717, 1.165) is 0 Å². The topological polar surface area (TPSA) is 3.24 Å². The molecule has 13 heavy (non-hydrogen) atoms. The first kappa shape index (κ1) is 8.76. The van der Waals surface area contributed by atoms with Gasteiger partial charge in [-0.05, 0) is 38.4 Å². The van der Waals surface area contributed by atoms with Gasteiger partial charge in [-0.2, -0.15) is 0 Å². The third kappa shape index (κ3) is 1.49. The van der Waals surface area contributed by atoms with E-state index in [1.54, 1.807) is 0 Å². The van der Waals surface area contributed by atoms with Crippen LogP contribution in [0.4, 0.5) is 0 Å². The van der Waals surface area contributed by atoms with E-state index in [1.165, 1.54) is 29.7 Å². The molecule has 1 heterocycles. The molecule has 0 saturated carbocycles. The summed E-state index contributed by atoms with van der Waals surface area (Å²) in [5.41, 5.74) is 4.44. The summed E-state index contributed by atoms with van der Waals surface area (Å²) < 4.78 is 0. The van der Waals surface area contributed by atoms with Crippen molar-refractivity contribution < 1.29 is 0 Å². The summed E-state index contributed by atoms with van der Waals surface area (Å²) in [4.78, 5) is 2.42. The van der Waals surface area contributed by atoms with Gasteiger partial charge in [-0.1, -0.05) is 23.8 Å². The van der Waals surface area contributed by atoms with Crippen LogP contribution in [0.2, 0.25) is 0 Å². The van der Waals surface area contributed by atoms with Gasteiger partial charge < -0.3 is 0 Å². The molecule has 0 amide bonds. The van der Waals surface area contributed by atoms with Gasteiger partial charge in [-0.25, -0.2) is 0 Å². The number of rotatable bonds is 0. The molecular formula is C12H17N. The number of benzene rings is 1. The van der Waals surface area contributed by atoms with Gasteiger partial charge in [0.25, 0.3) is 0 Å². The molecule has 1 aromatic carbocycles. The molecule has 0 saturated heterocycles. The molecule has 1 aliphatic heterocycles. The minimum atomic E-state index is 0.587. The van der Waals surface area contributed by atoms with Crippen molar-refractivity contribution in [2.24, 2.45) is 0 Å². The summed E-state index contributed by atoms with van der Waals surface area (Å²) in [5, 5.41) is 0. The summed E-state index contributed by atoms with van der Waals surface area (Å²) >= 11 is 0. The first-order valence-corrected chi connectivity index (χ1v) is 4.98. The maximum Gasteiger partial charge on any atom is 0.0319 e. The van der Waals surface area contributed by atoms with Gasteiger partial charge in [0.1, 0.15) is 0 Å². The lowest BCUT2D eigenvalue weighted by atomic mass is 9.92. The first-order chi connectivity index (χ1) is 6.18. The number of nitrogens with zero attached hydrogens (tertiary/aromatic N) is 1. The van der Waals surface area contributed by atoms with Crippen LogP contribution in [0, 0.1) is 6.92 Å². The Morgan fingerprint density at radius 1 is 1.38 bits per heavy atom. The Morgan fingerprint density at radius 3 is 2.92 bits per heavy atom. The molecule has 2 rings (SSSR count). The highest BCUT2D eigenvalue weighted by molar-refractivity contribution is 5.35. The molecule has 1 aliphatic rings. The standard InChI is InChI=1S/C12H17N/c1-9-4-5-11-6-7-13(3)10(2)12(11)8-9/h4-5,8,10H,6-7H2,1-3H3/t10-/m1/s1. The molecule has 1 nitrogen and oxygen atoms in total. The Balaban J connectivity index is 2.45. The zero-order valence-electron chi connectivity index (χ0n) is 8.67. The third-order valence-corrected chi connectivity index (χ3v) is 3.15. The molecule has 0 bridgehead atoms. The lowest BCUT2D eigenvalue weighted by Gasteiger charge is -2.32. The van der Waals surface area contributed by atoms with Crippen LogP contribution in [0.1, 0.15) is 29.7 Å². The van der Waals surface area contributed by atoms with Crippen molar-refractivity contribution in [1.29, 1.82) is 0 Å². The Hall–Kier alpha value is -0.820. The zero-order valence-corrected chi connectivity index (χ0v) is 8.67. The van der Waals surface area contributed by atoms with Gasteiger partial charge in [0.15, 0.2) is 0 Å². The molecule has 0 aromatic heterocycles. The van der Waals surface area contributed by atoms with Crippen molar-refractivity contribution in [2.75, 3.05) is 13.6 Å². The molecular weight excluding hydrogens is 158 g/mol. The molecule has 0 spiro atoms. The monoisotopic (exact) mass is 175 g/mol. The van der Waals surface area contributed by atoms with E-state index in [4.69, 9.17) is 0 Å². The van der Waals surface area contributed by atoms with Crippen LogP contribution in [0.15, 0.2) is 18.2 Å². The summed E-state index contributed by atoms with van der Waals surface area (Å²) in [6.07, 6.45) is 1.20. The summed E-state index contributed by atoms with van der Waals surface area (Å²) in [6, 6.07) is 7.42. The molecule has 1 heteroatoms. The van der Waals surface area contributed by atoms with E-state index in [0.29, 0.717) is 6.04 Å². The van der Waals surface area contributed by atoms with Gasteiger partial charge >= 0.3 is 0 Å². The zero-order chi connectivity index (χ0) is 9.42. The molecule has 0 unspecified atom stereocenters. The lowest BCUT2D eigenvalue weighted by molar-refractivity contribution is 0.247. The Morgan fingerprint density at radius 2 is 2.15 bits per heavy atom. The van der Waals surface area contributed by atoms with Crippen LogP contribution in [0.3, 0.4) is 0 Å². The highest BCUT2D eigenvalue weighted by atomic mass is 15.1. The lowest BCUT2D eigenvalue weighted by Crippen LogP contribution is -2.30. The smallest absolute Gasteiger partial charge is 0.0319 e. The fraction of sp³-hybridized carbons (Fsp3) is 0.500. The predicted octanol–water partition coefficient (Wildman–Crippen LogP) is 2.54. The molecule has 0 aliphatic carbocycles. The molecule has 0 radical (unpaired) electrons. The quantitative estimate of drug-likeness (QED) is 0.585. The maximum atomic E-state index is 2.42. The Kier molecular flexibility index (Phi) is 2.12. The van der Waals surface area contributed by atoms with Crippen LogP contribution in [-0.2, 0) is 6.42 Å². The van der Waals surface area contributed by atoms with E-state index in [9.17, 15) is 0 Å². The van der Waals surface area contributed by atoms with Crippen molar-refractivity contribution in [3.8, 4) is 0 Å². The predicted molar refractivity (Wildman–Crippen MR) is 55.9 cm³/mol. The fourth-order valence-electron chi connectivity index (χ4n) is 2.06. The second kappa shape index (κ2) is 3.15. The summed E-state index contributed by atoms with van der Waals surface area (Å²) in [5.74, 6) is 0. The van der Waals surface area contributed by atoms with Gasteiger partial charge in [-0.3, -0.25) is 4.90 Å². The minimum absolute atomic E-state index is 0.587. The van der Waals surface area contributed by atoms with Crippen molar-refractivity contribution in [3.63, 3.8) is 0 Å². The van der Waals surface area contributed by atoms with Crippen molar-refractivity contribution >= 4 is 0 Å². The van der Waals surface area contributed by atoms with E-state index >= 15 is 0 Å². The second-order valence-electron chi connectivity index (χ2n) is 4.11. The van der Waals surface area contributed by atoms with Gasteiger partial charge in [0.05, 0.1) is 0 Å². The molecule has 1 atom stereocenters. The number of hydrogen-bond acceptors (Lipinski definition) is 1.